The Morgan fingerprint density at radius 1 is 1.62 bits per heavy atom. The van der Waals surface area contributed by atoms with Crippen LogP contribution in [0.5, 0.6) is 5.75 Å². The summed E-state index contributed by atoms with van der Waals surface area (Å²) in [6.07, 6.45) is 4.12. The molecule has 1 heterocycles. The second kappa shape index (κ2) is 3.42. The molecule has 1 aromatic heterocycles. The predicted molar refractivity (Wildman–Crippen MR) is 51.9 cm³/mol. The van der Waals surface area contributed by atoms with Crippen molar-refractivity contribution < 1.29 is 4.74 Å². The molecule has 3 nitrogen and oxygen atoms in total. The van der Waals surface area contributed by atoms with Gasteiger partial charge in [-0.05, 0) is 18.8 Å². The summed E-state index contributed by atoms with van der Waals surface area (Å²) in [6, 6.07) is 1.74. The lowest BCUT2D eigenvalue weighted by molar-refractivity contribution is 0.301. The molecule has 0 aliphatic heterocycles. The van der Waals surface area contributed by atoms with Crippen LogP contribution in [-0.4, -0.2) is 11.6 Å². The van der Waals surface area contributed by atoms with Crippen LogP contribution in [0.3, 0.4) is 0 Å². The van der Waals surface area contributed by atoms with Crippen LogP contribution in [0, 0.1) is 5.92 Å². The molecule has 0 radical (unpaired) electrons. The van der Waals surface area contributed by atoms with Crippen molar-refractivity contribution in [2.24, 2.45) is 5.92 Å². The van der Waals surface area contributed by atoms with Crippen molar-refractivity contribution in [3.63, 3.8) is 0 Å². The molecular formula is C9H11ClN2O. The highest BCUT2D eigenvalue weighted by Crippen LogP contribution is 2.32. The molecule has 0 aromatic carbocycles. The Balaban J connectivity index is 2.05. The maximum Gasteiger partial charge on any atom is 0.155 e. The molecule has 4 heteroatoms. The van der Waals surface area contributed by atoms with Crippen molar-refractivity contribution >= 4 is 17.3 Å². The molecule has 0 amide bonds. The van der Waals surface area contributed by atoms with E-state index >= 15 is 0 Å². The number of rotatable bonds is 3. The highest BCUT2D eigenvalue weighted by atomic mass is 35.5. The van der Waals surface area contributed by atoms with Crippen LogP contribution < -0.4 is 10.5 Å². The SMILES string of the molecule is Nc1c(OCC2CC2)ccnc1Cl. The van der Waals surface area contributed by atoms with Gasteiger partial charge in [-0.25, -0.2) is 4.98 Å². The number of hydrogen-bond acceptors (Lipinski definition) is 3. The first-order valence-electron chi connectivity index (χ1n) is 4.30. The zero-order valence-corrected chi connectivity index (χ0v) is 7.92. The summed E-state index contributed by atoms with van der Waals surface area (Å²) in [4.78, 5) is 3.84. The maximum absolute atomic E-state index is 5.73. The standard InChI is InChI=1S/C9H11ClN2O/c10-9-8(11)7(3-4-12-9)13-5-6-1-2-6/h3-4,6H,1-2,5,11H2. The van der Waals surface area contributed by atoms with Crippen LogP contribution in [0.15, 0.2) is 12.3 Å². The zero-order valence-electron chi connectivity index (χ0n) is 7.16. The monoisotopic (exact) mass is 198 g/mol. The second-order valence-corrected chi connectivity index (χ2v) is 3.63. The molecule has 1 saturated carbocycles. The van der Waals surface area contributed by atoms with Crippen LogP contribution in [0.4, 0.5) is 5.69 Å². The van der Waals surface area contributed by atoms with E-state index in [1.807, 2.05) is 0 Å². The summed E-state index contributed by atoms with van der Waals surface area (Å²) in [5.41, 5.74) is 6.10. The number of halogens is 1. The topological polar surface area (TPSA) is 48.1 Å². The van der Waals surface area contributed by atoms with Gasteiger partial charge in [0.05, 0.1) is 6.61 Å². The highest BCUT2D eigenvalue weighted by Gasteiger charge is 2.22. The summed E-state index contributed by atoms with van der Waals surface area (Å²) in [7, 11) is 0. The number of aromatic nitrogens is 1. The quantitative estimate of drug-likeness (QED) is 0.757. The minimum Gasteiger partial charge on any atom is -0.491 e. The lowest BCUT2D eigenvalue weighted by Crippen LogP contribution is -2.02. The molecule has 70 valence electrons. The summed E-state index contributed by atoms with van der Waals surface area (Å²) < 4.78 is 5.49. The maximum atomic E-state index is 5.73. The average Bonchev–Trinajstić information content (AvgIpc) is 2.91. The second-order valence-electron chi connectivity index (χ2n) is 3.27. The molecule has 13 heavy (non-hydrogen) atoms. The van der Waals surface area contributed by atoms with Gasteiger partial charge in [0.15, 0.2) is 5.15 Å². The first-order valence-corrected chi connectivity index (χ1v) is 4.68. The number of nitrogen functional groups attached to an aromatic ring is 1. The molecule has 0 bridgehead atoms. The molecule has 0 saturated heterocycles. The summed E-state index contributed by atoms with van der Waals surface area (Å²) in [5.74, 6) is 1.36. The first-order chi connectivity index (χ1) is 6.27. The molecule has 0 unspecified atom stereocenters. The third-order valence-electron chi connectivity index (χ3n) is 2.07. The van der Waals surface area contributed by atoms with Crippen molar-refractivity contribution in [2.75, 3.05) is 12.3 Å². The Morgan fingerprint density at radius 3 is 3.08 bits per heavy atom. The zero-order chi connectivity index (χ0) is 9.26. The van der Waals surface area contributed by atoms with Gasteiger partial charge >= 0.3 is 0 Å². The van der Waals surface area contributed by atoms with Gasteiger partial charge in [-0.2, -0.15) is 0 Å². The molecule has 2 N–H and O–H groups in total. The lowest BCUT2D eigenvalue weighted by atomic mass is 10.4. The van der Waals surface area contributed by atoms with Crippen molar-refractivity contribution in [1.29, 1.82) is 0 Å². The Labute approximate surface area is 81.9 Å². The van der Waals surface area contributed by atoms with Gasteiger partial charge in [-0.1, -0.05) is 11.6 Å². The van der Waals surface area contributed by atoms with Gasteiger partial charge in [0.2, 0.25) is 0 Å². The predicted octanol–water partition coefficient (Wildman–Crippen LogP) is 2.11. The number of nitrogens with two attached hydrogens (primary N) is 1. The van der Waals surface area contributed by atoms with E-state index in [-0.39, 0.29) is 0 Å². The molecular weight excluding hydrogens is 188 g/mol. The van der Waals surface area contributed by atoms with E-state index in [0.717, 1.165) is 6.61 Å². The molecule has 1 aliphatic carbocycles. The van der Waals surface area contributed by atoms with Gasteiger partial charge in [-0.15, -0.1) is 0 Å². The summed E-state index contributed by atoms with van der Waals surface area (Å²) in [6.45, 7) is 0.741. The van der Waals surface area contributed by atoms with Gasteiger partial charge < -0.3 is 10.5 Å². The number of anilines is 1. The van der Waals surface area contributed by atoms with E-state index in [2.05, 4.69) is 4.98 Å². The van der Waals surface area contributed by atoms with Crippen molar-refractivity contribution in [3.8, 4) is 5.75 Å². The van der Waals surface area contributed by atoms with E-state index in [1.54, 1.807) is 12.3 Å². The lowest BCUT2D eigenvalue weighted by Gasteiger charge is -2.07. The summed E-state index contributed by atoms with van der Waals surface area (Å²) in [5, 5.41) is 0.313. The van der Waals surface area contributed by atoms with E-state index in [4.69, 9.17) is 22.1 Å². The number of hydrogen-bond donors (Lipinski definition) is 1. The fourth-order valence-electron chi connectivity index (χ4n) is 1.05. The number of pyridine rings is 1. The normalized spacial score (nSPS) is 15.8. The van der Waals surface area contributed by atoms with Crippen molar-refractivity contribution in [3.05, 3.63) is 17.4 Å². The largest absolute Gasteiger partial charge is 0.491 e. The van der Waals surface area contributed by atoms with Gasteiger partial charge in [0.1, 0.15) is 11.4 Å². The van der Waals surface area contributed by atoms with Gasteiger partial charge in [0.25, 0.3) is 0 Å². The Hall–Kier alpha value is -0.960. The molecule has 1 aliphatic rings. The van der Waals surface area contributed by atoms with E-state index in [1.165, 1.54) is 12.8 Å². The minimum atomic E-state index is 0.313. The first kappa shape index (κ1) is 8.63. The fraction of sp³-hybridized carbons (Fsp3) is 0.444. The van der Waals surface area contributed by atoms with Crippen LogP contribution in [0.2, 0.25) is 5.15 Å². The van der Waals surface area contributed by atoms with E-state index < -0.39 is 0 Å². The Kier molecular flexibility index (Phi) is 2.27. The third kappa shape index (κ3) is 2.04. The van der Waals surface area contributed by atoms with Gasteiger partial charge in [0, 0.05) is 12.3 Å². The van der Waals surface area contributed by atoms with Crippen LogP contribution in [0.25, 0.3) is 0 Å². The molecule has 0 spiro atoms. The van der Waals surface area contributed by atoms with Crippen LogP contribution in [-0.2, 0) is 0 Å². The van der Waals surface area contributed by atoms with E-state index in [9.17, 15) is 0 Å². The Morgan fingerprint density at radius 2 is 2.38 bits per heavy atom. The van der Waals surface area contributed by atoms with Crippen LogP contribution in [0.1, 0.15) is 12.8 Å². The van der Waals surface area contributed by atoms with Crippen molar-refractivity contribution in [1.82, 2.24) is 4.98 Å². The number of ether oxygens (including phenoxy) is 1. The molecule has 1 fully saturated rings. The fourth-order valence-corrected chi connectivity index (χ4v) is 1.20. The molecule has 0 atom stereocenters. The minimum absolute atomic E-state index is 0.313. The Bertz CT molecular complexity index is 312. The van der Waals surface area contributed by atoms with E-state index in [0.29, 0.717) is 22.5 Å². The smallest absolute Gasteiger partial charge is 0.155 e. The number of nitrogens with zero attached hydrogens (tertiary/aromatic N) is 1. The van der Waals surface area contributed by atoms with Gasteiger partial charge in [-0.3, -0.25) is 0 Å². The summed E-state index contributed by atoms with van der Waals surface area (Å²) >= 11 is 5.73. The average molecular weight is 199 g/mol. The highest BCUT2D eigenvalue weighted by molar-refractivity contribution is 6.32. The third-order valence-corrected chi connectivity index (χ3v) is 2.37. The molecule has 1 aromatic rings. The molecule has 2 rings (SSSR count). The van der Waals surface area contributed by atoms with Crippen LogP contribution >= 0.6 is 11.6 Å². The van der Waals surface area contributed by atoms with Crippen molar-refractivity contribution in [2.45, 2.75) is 12.8 Å².